The molecule has 5 heteroatoms. The molecule has 10 aromatic carbocycles. The van der Waals surface area contributed by atoms with Crippen molar-refractivity contribution >= 4 is 75.9 Å². The normalized spacial score (nSPS) is 11.9. The van der Waals surface area contributed by atoms with E-state index in [0.29, 0.717) is 17.5 Å². The van der Waals surface area contributed by atoms with Crippen LogP contribution in [0.3, 0.4) is 0 Å². The van der Waals surface area contributed by atoms with Gasteiger partial charge in [0.05, 0.1) is 22.1 Å². The topological polar surface area (TPSA) is 48.5 Å². The van der Waals surface area contributed by atoms with E-state index in [1.807, 2.05) is 60.7 Å². The average Bonchev–Trinajstić information content (AvgIpc) is 3.87. The first-order chi connectivity index (χ1) is 30.8. The summed E-state index contributed by atoms with van der Waals surface area (Å²) in [5.74, 6) is 1.93. The van der Waals surface area contributed by atoms with Crippen molar-refractivity contribution in [1.29, 1.82) is 0 Å². The molecular weight excluding hydrogens is 755 g/mol. The molecule has 0 unspecified atom stereocenters. The molecule has 0 spiro atoms. The molecule has 0 saturated carbocycles. The van der Waals surface area contributed by atoms with Gasteiger partial charge in [-0.25, -0.2) is 15.0 Å². The van der Waals surface area contributed by atoms with Crippen LogP contribution in [0.2, 0.25) is 0 Å². The molecule has 3 aromatic heterocycles. The predicted octanol–water partition coefficient (Wildman–Crippen LogP) is 14.5. The Morgan fingerprint density at radius 1 is 0.258 bits per heavy atom. The maximum Gasteiger partial charge on any atom is 0.164 e. The fraction of sp³-hybridized carbons (Fsp3) is 0. The van der Waals surface area contributed by atoms with E-state index < -0.39 is 0 Å². The molecule has 0 fully saturated rings. The van der Waals surface area contributed by atoms with Crippen LogP contribution in [0.25, 0.3) is 121 Å². The molecule has 0 radical (unpaired) electrons. The second-order valence-electron chi connectivity index (χ2n) is 16.0. The van der Waals surface area contributed by atoms with Crippen LogP contribution in [0.15, 0.2) is 212 Å². The Bertz CT molecular complexity index is 3810. The lowest BCUT2D eigenvalue weighted by Gasteiger charge is -2.14. The van der Waals surface area contributed by atoms with Crippen molar-refractivity contribution in [2.45, 2.75) is 0 Å². The fourth-order valence-corrected chi connectivity index (χ4v) is 9.79. The van der Waals surface area contributed by atoms with Gasteiger partial charge in [-0.3, -0.25) is 0 Å². The van der Waals surface area contributed by atoms with Crippen LogP contribution in [-0.2, 0) is 0 Å². The van der Waals surface area contributed by atoms with Gasteiger partial charge < -0.3 is 9.13 Å². The molecule has 0 atom stereocenters. The van der Waals surface area contributed by atoms with Crippen molar-refractivity contribution in [3.63, 3.8) is 0 Å². The van der Waals surface area contributed by atoms with E-state index in [2.05, 4.69) is 161 Å². The maximum atomic E-state index is 5.00. The van der Waals surface area contributed by atoms with Gasteiger partial charge in [0, 0.05) is 49.6 Å². The van der Waals surface area contributed by atoms with Gasteiger partial charge >= 0.3 is 0 Å². The molecular formula is C57H35N5. The molecule has 13 aromatic rings. The summed E-state index contributed by atoms with van der Waals surface area (Å²) in [6.07, 6.45) is 0. The number of hydrogen-bond acceptors (Lipinski definition) is 3. The molecule has 62 heavy (non-hydrogen) atoms. The van der Waals surface area contributed by atoms with Gasteiger partial charge in [0.15, 0.2) is 17.5 Å². The standard InChI is InChI=1S/C57H35N5/c1-3-15-36(16-4-1)55-58-56(37-17-5-2-6-18-37)60-57(59-55)38-27-29-39(30-28-38)61-51-26-14-12-24-48(51)53-52(61)34-33-47-46-23-11-13-25-50(46)62(54(47)53)40-31-32-45-43-21-8-7-19-41(43)42-20-9-10-22-44(42)49(45)35-40/h1-35H. The van der Waals surface area contributed by atoms with E-state index in [9.17, 15) is 0 Å². The maximum absolute atomic E-state index is 5.00. The molecule has 0 aliphatic heterocycles. The smallest absolute Gasteiger partial charge is 0.164 e. The summed E-state index contributed by atoms with van der Waals surface area (Å²) in [5, 5.41) is 12.5. The van der Waals surface area contributed by atoms with Crippen LogP contribution in [0.5, 0.6) is 0 Å². The molecule has 288 valence electrons. The van der Waals surface area contributed by atoms with Crippen LogP contribution in [0.1, 0.15) is 0 Å². The minimum Gasteiger partial charge on any atom is -0.309 e. The number of rotatable bonds is 5. The summed E-state index contributed by atoms with van der Waals surface area (Å²) in [6, 6.07) is 75.7. The van der Waals surface area contributed by atoms with Gasteiger partial charge in [0.25, 0.3) is 0 Å². The van der Waals surface area contributed by atoms with Crippen LogP contribution in [0, 0.1) is 0 Å². The monoisotopic (exact) mass is 789 g/mol. The predicted molar refractivity (Wildman–Crippen MR) is 257 cm³/mol. The first-order valence-corrected chi connectivity index (χ1v) is 21.0. The first kappa shape index (κ1) is 34.5. The quantitative estimate of drug-likeness (QED) is 0.163. The third-order valence-corrected chi connectivity index (χ3v) is 12.5. The third kappa shape index (κ3) is 5.18. The fourth-order valence-electron chi connectivity index (χ4n) is 9.79. The SMILES string of the molecule is c1ccc(-c2nc(-c3ccccc3)nc(-c3ccc(-n4c5ccccc5c5c4ccc4c6ccccc6n(-c6ccc7c8ccccc8c8ccccc8c7c6)c45)cc3)n2)cc1. The lowest BCUT2D eigenvalue weighted by atomic mass is 9.94. The largest absolute Gasteiger partial charge is 0.309 e. The highest BCUT2D eigenvalue weighted by Crippen LogP contribution is 2.43. The average molecular weight is 790 g/mol. The first-order valence-electron chi connectivity index (χ1n) is 21.0. The molecule has 0 saturated heterocycles. The second-order valence-corrected chi connectivity index (χ2v) is 16.0. The van der Waals surface area contributed by atoms with Crippen LogP contribution in [0.4, 0.5) is 0 Å². The zero-order valence-electron chi connectivity index (χ0n) is 33.4. The number of nitrogens with zero attached hydrogens (tertiary/aromatic N) is 5. The lowest BCUT2D eigenvalue weighted by Crippen LogP contribution is -2.00. The number of fused-ring (bicyclic) bond motifs is 13. The third-order valence-electron chi connectivity index (χ3n) is 12.5. The van der Waals surface area contributed by atoms with Gasteiger partial charge in [-0.2, -0.15) is 0 Å². The van der Waals surface area contributed by atoms with Gasteiger partial charge in [-0.15, -0.1) is 0 Å². The molecule has 0 aliphatic carbocycles. The molecule has 5 nitrogen and oxygen atoms in total. The highest BCUT2D eigenvalue weighted by molar-refractivity contribution is 6.28. The minimum absolute atomic E-state index is 0.633. The Balaban J connectivity index is 1.03. The summed E-state index contributed by atoms with van der Waals surface area (Å²) in [6.45, 7) is 0. The molecule has 3 heterocycles. The number of para-hydroxylation sites is 2. The van der Waals surface area contributed by atoms with E-state index >= 15 is 0 Å². The molecule has 13 rings (SSSR count). The van der Waals surface area contributed by atoms with Crippen molar-refractivity contribution < 1.29 is 0 Å². The lowest BCUT2D eigenvalue weighted by molar-refractivity contribution is 1.07. The van der Waals surface area contributed by atoms with Crippen molar-refractivity contribution in [1.82, 2.24) is 24.1 Å². The van der Waals surface area contributed by atoms with E-state index in [1.165, 1.54) is 64.9 Å². The molecule has 0 bridgehead atoms. The Morgan fingerprint density at radius 2 is 0.677 bits per heavy atom. The zero-order chi connectivity index (χ0) is 40.7. The molecule has 0 amide bonds. The van der Waals surface area contributed by atoms with Crippen LogP contribution < -0.4 is 0 Å². The van der Waals surface area contributed by atoms with E-state index in [1.54, 1.807) is 0 Å². The summed E-state index contributed by atoms with van der Waals surface area (Å²) in [7, 11) is 0. The summed E-state index contributed by atoms with van der Waals surface area (Å²) >= 11 is 0. The van der Waals surface area contributed by atoms with Gasteiger partial charge in [0.1, 0.15) is 0 Å². The highest BCUT2D eigenvalue weighted by Gasteiger charge is 2.22. The number of benzene rings is 10. The minimum atomic E-state index is 0.633. The summed E-state index contributed by atoms with van der Waals surface area (Å²) in [4.78, 5) is 14.9. The van der Waals surface area contributed by atoms with E-state index in [-0.39, 0.29) is 0 Å². The van der Waals surface area contributed by atoms with Gasteiger partial charge in [0.2, 0.25) is 0 Å². The number of aromatic nitrogens is 5. The van der Waals surface area contributed by atoms with E-state index in [0.717, 1.165) is 39.1 Å². The molecule has 0 N–H and O–H groups in total. The zero-order valence-corrected chi connectivity index (χ0v) is 33.4. The Kier molecular flexibility index (Phi) is 7.54. The van der Waals surface area contributed by atoms with Crippen LogP contribution >= 0.6 is 0 Å². The van der Waals surface area contributed by atoms with Gasteiger partial charge in [-0.1, -0.05) is 158 Å². The Labute approximate surface area is 356 Å². The summed E-state index contributed by atoms with van der Waals surface area (Å²) < 4.78 is 4.89. The van der Waals surface area contributed by atoms with Crippen molar-refractivity contribution in [2.24, 2.45) is 0 Å². The van der Waals surface area contributed by atoms with Crippen molar-refractivity contribution in [3.05, 3.63) is 212 Å². The summed E-state index contributed by atoms with van der Waals surface area (Å²) in [5.41, 5.74) is 9.69. The van der Waals surface area contributed by atoms with Crippen LogP contribution in [-0.4, -0.2) is 24.1 Å². The van der Waals surface area contributed by atoms with Gasteiger partial charge in [-0.05, 0) is 86.9 Å². The Morgan fingerprint density at radius 3 is 1.26 bits per heavy atom. The highest BCUT2D eigenvalue weighted by atomic mass is 15.0. The Hall–Kier alpha value is -8.41. The van der Waals surface area contributed by atoms with Crippen molar-refractivity contribution in [3.8, 4) is 45.5 Å². The van der Waals surface area contributed by atoms with E-state index in [4.69, 9.17) is 15.0 Å². The van der Waals surface area contributed by atoms with Crippen molar-refractivity contribution in [2.75, 3.05) is 0 Å². The number of hydrogen-bond donors (Lipinski definition) is 0. The second kappa shape index (κ2) is 13.6. The molecule has 0 aliphatic rings.